The molecule has 2 aromatic carbocycles. The molecule has 1 aliphatic rings. The van der Waals surface area contributed by atoms with E-state index in [4.69, 9.17) is 9.47 Å². The van der Waals surface area contributed by atoms with Crippen molar-refractivity contribution in [1.29, 1.82) is 0 Å². The van der Waals surface area contributed by atoms with E-state index in [1.165, 1.54) is 17.3 Å². The highest BCUT2D eigenvalue weighted by Crippen LogP contribution is 2.42. The summed E-state index contributed by atoms with van der Waals surface area (Å²) in [6, 6.07) is 17.0. The maximum absolute atomic E-state index is 13.2. The first-order valence-electron chi connectivity index (χ1n) is 11.3. The van der Waals surface area contributed by atoms with Crippen molar-refractivity contribution in [3.63, 3.8) is 0 Å². The van der Waals surface area contributed by atoms with Gasteiger partial charge in [-0.1, -0.05) is 49.1 Å². The molecule has 1 aromatic heterocycles. The van der Waals surface area contributed by atoms with E-state index in [2.05, 4.69) is 11.6 Å². The van der Waals surface area contributed by atoms with Crippen LogP contribution in [0.1, 0.15) is 29.7 Å². The summed E-state index contributed by atoms with van der Waals surface area (Å²) < 4.78 is 11.5. The van der Waals surface area contributed by atoms with Gasteiger partial charge in [-0.15, -0.1) is 0 Å². The predicted molar refractivity (Wildman–Crippen MR) is 132 cm³/mol. The van der Waals surface area contributed by atoms with Crippen LogP contribution in [0.2, 0.25) is 0 Å². The number of carbonyl (C=O) groups is 2. The summed E-state index contributed by atoms with van der Waals surface area (Å²) in [5.74, 6) is -0.688. The predicted octanol–water partition coefficient (Wildman–Crippen LogP) is 4.67. The van der Waals surface area contributed by atoms with Gasteiger partial charge in [0.05, 0.1) is 18.2 Å². The minimum absolute atomic E-state index is 0.0133. The lowest BCUT2D eigenvalue weighted by atomic mass is 9.95. The average molecular weight is 471 g/mol. The van der Waals surface area contributed by atoms with E-state index in [1.54, 1.807) is 36.4 Å². The molecule has 0 spiro atoms. The van der Waals surface area contributed by atoms with Crippen molar-refractivity contribution in [3.05, 3.63) is 108 Å². The van der Waals surface area contributed by atoms with Crippen LogP contribution in [0.5, 0.6) is 11.5 Å². The zero-order valence-corrected chi connectivity index (χ0v) is 19.4. The fraction of sp³-hybridized carbons (Fsp3) is 0.179. The van der Waals surface area contributed by atoms with Crippen LogP contribution in [0.4, 0.5) is 0 Å². The van der Waals surface area contributed by atoms with Crippen LogP contribution in [-0.4, -0.2) is 39.9 Å². The fourth-order valence-corrected chi connectivity index (χ4v) is 4.07. The largest absolute Gasteiger partial charge is 0.507 e. The molecule has 7 nitrogen and oxygen atoms in total. The normalized spacial score (nSPS) is 16.8. The molecule has 1 saturated heterocycles. The Hall–Kier alpha value is -4.39. The van der Waals surface area contributed by atoms with Crippen LogP contribution in [0, 0.1) is 0 Å². The van der Waals surface area contributed by atoms with Crippen LogP contribution in [0.25, 0.3) is 5.76 Å². The Kier molecular flexibility index (Phi) is 7.26. The Morgan fingerprint density at radius 3 is 2.49 bits per heavy atom. The Balaban J connectivity index is 1.86. The average Bonchev–Trinajstić information content (AvgIpc) is 3.13. The molecule has 0 bridgehead atoms. The second-order valence-electron chi connectivity index (χ2n) is 7.89. The van der Waals surface area contributed by atoms with Crippen LogP contribution < -0.4 is 9.47 Å². The molecule has 2 heterocycles. The molecule has 0 radical (unpaired) electrons. The van der Waals surface area contributed by atoms with Crippen LogP contribution in [0.3, 0.4) is 0 Å². The Labute approximate surface area is 203 Å². The van der Waals surface area contributed by atoms with Gasteiger partial charge in [0.1, 0.15) is 12.4 Å². The molecule has 1 N–H and O–H groups in total. The summed E-state index contributed by atoms with van der Waals surface area (Å²) in [6.45, 7) is 6.42. The molecule has 4 rings (SSSR count). The molecule has 3 aromatic rings. The number of hydrogen-bond donors (Lipinski definition) is 1. The highest BCUT2D eigenvalue weighted by atomic mass is 16.5. The quantitative estimate of drug-likeness (QED) is 0.212. The molecule has 1 aliphatic heterocycles. The monoisotopic (exact) mass is 470 g/mol. The second kappa shape index (κ2) is 10.7. The number of pyridine rings is 1. The van der Waals surface area contributed by atoms with Gasteiger partial charge >= 0.3 is 0 Å². The number of rotatable bonds is 9. The lowest BCUT2D eigenvalue weighted by Crippen LogP contribution is -2.29. The first-order valence-corrected chi connectivity index (χ1v) is 11.3. The minimum atomic E-state index is -0.823. The van der Waals surface area contributed by atoms with Crippen molar-refractivity contribution in [3.8, 4) is 11.5 Å². The SMILES string of the molecule is C=CCOc1ccc(C2C(=C(O)c3ccncc3)C(=O)C(=O)N2Cc2ccccc2)cc1OCC. The van der Waals surface area contributed by atoms with Crippen molar-refractivity contribution in [2.75, 3.05) is 13.2 Å². The van der Waals surface area contributed by atoms with E-state index in [0.29, 0.717) is 35.8 Å². The molecule has 0 aliphatic carbocycles. The van der Waals surface area contributed by atoms with Crippen LogP contribution >= 0.6 is 0 Å². The van der Waals surface area contributed by atoms with E-state index < -0.39 is 17.7 Å². The third kappa shape index (κ3) is 4.94. The third-order valence-electron chi connectivity index (χ3n) is 5.63. The number of likely N-dealkylation sites (tertiary alicyclic amines) is 1. The summed E-state index contributed by atoms with van der Waals surface area (Å²) >= 11 is 0. The molecular formula is C28H26N2O5. The third-order valence-corrected chi connectivity index (χ3v) is 5.63. The molecule has 0 saturated carbocycles. The van der Waals surface area contributed by atoms with Crippen molar-refractivity contribution >= 4 is 17.4 Å². The van der Waals surface area contributed by atoms with Crippen LogP contribution in [0.15, 0.2) is 91.3 Å². The number of aliphatic hydroxyl groups is 1. The zero-order chi connectivity index (χ0) is 24.8. The van der Waals surface area contributed by atoms with E-state index in [9.17, 15) is 14.7 Å². The lowest BCUT2D eigenvalue weighted by molar-refractivity contribution is -0.140. The van der Waals surface area contributed by atoms with Gasteiger partial charge in [-0.2, -0.15) is 0 Å². The van der Waals surface area contributed by atoms with E-state index in [0.717, 1.165) is 5.56 Å². The number of nitrogens with zero attached hydrogens (tertiary/aromatic N) is 2. The van der Waals surface area contributed by atoms with Gasteiger partial charge < -0.3 is 19.5 Å². The number of amides is 1. The van der Waals surface area contributed by atoms with Gasteiger partial charge in [0, 0.05) is 24.5 Å². The Morgan fingerprint density at radius 2 is 1.80 bits per heavy atom. The number of benzene rings is 2. The number of Topliss-reactive ketones (excluding diaryl/α,β-unsaturated/α-hetero) is 1. The zero-order valence-electron chi connectivity index (χ0n) is 19.4. The first-order chi connectivity index (χ1) is 17.0. The molecule has 1 fully saturated rings. The standard InChI is InChI=1S/C28H26N2O5/c1-3-16-35-22-11-10-21(17-23(22)34-4-2)25-24(26(31)20-12-14-29-15-13-20)27(32)28(33)30(25)18-19-8-6-5-7-9-19/h3,5-15,17,25,31H,1,4,16,18H2,2H3. The van der Waals surface area contributed by atoms with Gasteiger partial charge in [-0.3, -0.25) is 14.6 Å². The maximum atomic E-state index is 13.2. The Bertz CT molecular complexity index is 1250. The number of hydrogen-bond acceptors (Lipinski definition) is 6. The van der Waals surface area contributed by atoms with Crippen molar-refractivity contribution in [2.24, 2.45) is 0 Å². The van der Waals surface area contributed by atoms with Gasteiger partial charge in [0.15, 0.2) is 11.5 Å². The summed E-state index contributed by atoms with van der Waals surface area (Å²) in [7, 11) is 0. The molecule has 7 heteroatoms. The van der Waals surface area contributed by atoms with E-state index in [1.807, 2.05) is 37.3 Å². The first kappa shape index (κ1) is 23.8. The highest BCUT2D eigenvalue weighted by molar-refractivity contribution is 6.46. The van der Waals surface area contributed by atoms with Crippen molar-refractivity contribution < 1.29 is 24.2 Å². The highest BCUT2D eigenvalue weighted by Gasteiger charge is 2.46. The molecule has 35 heavy (non-hydrogen) atoms. The minimum Gasteiger partial charge on any atom is -0.507 e. The number of carbonyl (C=O) groups excluding carboxylic acids is 2. The van der Waals surface area contributed by atoms with Crippen molar-refractivity contribution in [1.82, 2.24) is 9.88 Å². The van der Waals surface area contributed by atoms with E-state index >= 15 is 0 Å². The van der Waals surface area contributed by atoms with Gasteiger partial charge in [0.25, 0.3) is 11.7 Å². The van der Waals surface area contributed by atoms with Gasteiger partial charge in [-0.25, -0.2) is 0 Å². The summed E-state index contributed by atoms with van der Waals surface area (Å²) in [6.07, 6.45) is 4.67. The smallest absolute Gasteiger partial charge is 0.295 e. The molecule has 1 unspecified atom stereocenters. The molecule has 178 valence electrons. The topological polar surface area (TPSA) is 89.0 Å². The van der Waals surface area contributed by atoms with Gasteiger partial charge in [-0.05, 0) is 42.3 Å². The van der Waals surface area contributed by atoms with Gasteiger partial charge in [0.2, 0.25) is 0 Å². The number of ketones is 1. The number of ether oxygens (including phenoxy) is 2. The fourth-order valence-electron chi connectivity index (χ4n) is 4.07. The number of aliphatic hydroxyl groups excluding tert-OH is 1. The summed E-state index contributed by atoms with van der Waals surface area (Å²) in [5, 5.41) is 11.2. The molecule has 1 atom stereocenters. The Morgan fingerprint density at radius 1 is 1.06 bits per heavy atom. The molecule has 1 amide bonds. The van der Waals surface area contributed by atoms with Crippen LogP contribution in [-0.2, 0) is 16.1 Å². The van der Waals surface area contributed by atoms with E-state index in [-0.39, 0.29) is 17.9 Å². The van der Waals surface area contributed by atoms with Crippen molar-refractivity contribution in [2.45, 2.75) is 19.5 Å². The summed E-state index contributed by atoms with van der Waals surface area (Å²) in [4.78, 5) is 31.9. The molecular weight excluding hydrogens is 444 g/mol. The summed E-state index contributed by atoms with van der Waals surface area (Å²) in [5.41, 5.74) is 1.89. The lowest BCUT2D eigenvalue weighted by Gasteiger charge is -2.26. The number of aromatic nitrogens is 1. The maximum Gasteiger partial charge on any atom is 0.295 e. The second-order valence-corrected chi connectivity index (χ2v) is 7.89.